The number of aliphatic carboxylic acids is 1. The Labute approximate surface area is 112 Å². The van der Waals surface area contributed by atoms with Crippen molar-refractivity contribution in [1.29, 1.82) is 0 Å². The first-order valence-electron chi connectivity index (χ1n) is 6.89. The van der Waals surface area contributed by atoms with Gasteiger partial charge in [-0.1, -0.05) is 6.42 Å². The van der Waals surface area contributed by atoms with Gasteiger partial charge >= 0.3 is 5.97 Å². The minimum Gasteiger partial charge on any atom is -0.480 e. The summed E-state index contributed by atoms with van der Waals surface area (Å²) >= 11 is 0. The zero-order chi connectivity index (χ0) is 13.8. The van der Waals surface area contributed by atoms with E-state index in [1.54, 1.807) is 4.90 Å². The summed E-state index contributed by atoms with van der Waals surface area (Å²) in [5, 5.41) is 9.06. The maximum Gasteiger partial charge on any atom is 0.326 e. The second kappa shape index (κ2) is 6.04. The molecular weight excluding hydrogens is 248 g/mol. The number of carboxylic acid groups (broad SMARTS) is 1. The Kier molecular flexibility index (Phi) is 4.39. The van der Waals surface area contributed by atoms with Crippen LogP contribution in [0.3, 0.4) is 0 Å². The van der Waals surface area contributed by atoms with E-state index in [9.17, 15) is 14.4 Å². The van der Waals surface area contributed by atoms with Crippen LogP contribution in [0.15, 0.2) is 0 Å². The molecule has 0 saturated carbocycles. The third kappa shape index (κ3) is 3.24. The van der Waals surface area contributed by atoms with Crippen molar-refractivity contribution in [2.75, 3.05) is 19.6 Å². The minimum absolute atomic E-state index is 0.0110. The molecule has 0 radical (unpaired) electrons. The van der Waals surface area contributed by atoms with Crippen LogP contribution in [0.5, 0.6) is 0 Å². The zero-order valence-corrected chi connectivity index (χ0v) is 11.0. The minimum atomic E-state index is -0.951. The molecule has 0 aromatic rings. The average Bonchev–Trinajstić information content (AvgIpc) is 2.78. The molecule has 2 heterocycles. The summed E-state index contributed by atoms with van der Waals surface area (Å²) < 4.78 is 0. The fourth-order valence-corrected chi connectivity index (χ4v) is 2.78. The fourth-order valence-electron chi connectivity index (χ4n) is 2.78. The van der Waals surface area contributed by atoms with E-state index in [1.807, 2.05) is 0 Å². The monoisotopic (exact) mass is 268 g/mol. The molecule has 0 aromatic carbocycles. The molecular formula is C13H20N2O4. The lowest BCUT2D eigenvalue weighted by Crippen LogP contribution is -2.46. The number of likely N-dealkylation sites (tertiary alicyclic amines) is 2. The van der Waals surface area contributed by atoms with E-state index in [0.717, 1.165) is 25.7 Å². The molecule has 2 rings (SSSR count). The lowest BCUT2D eigenvalue weighted by Gasteiger charge is -2.26. The summed E-state index contributed by atoms with van der Waals surface area (Å²) in [6, 6.07) is -0.713. The van der Waals surface area contributed by atoms with Gasteiger partial charge in [-0.05, 0) is 25.7 Å². The molecule has 1 N–H and O–H groups in total. The van der Waals surface area contributed by atoms with Crippen molar-refractivity contribution in [3.63, 3.8) is 0 Å². The molecule has 0 spiro atoms. The van der Waals surface area contributed by atoms with Gasteiger partial charge in [0.1, 0.15) is 6.04 Å². The Morgan fingerprint density at radius 3 is 2.68 bits per heavy atom. The predicted octanol–water partition coefficient (Wildman–Crippen LogP) is 0.465. The van der Waals surface area contributed by atoms with E-state index in [2.05, 4.69) is 0 Å². The lowest BCUT2D eigenvalue weighted by molar-refractivity contribution is -0.149. The van der Waals surface area contributed by atoms with Crippen molar-refractivity contribution in [1.82, 2.24) is 9.80 Å². The summed E-state index contributed by atoms with van der Waals surface area (Å²) in [5.74, 6) is -1.18. The van der Waals surface area contributed by atoms with Gasteiger partial charge in [-0.15, -0.1) is 0 Å². The molecule has 0 aliphatic carbocycles. The summed E-state index contributed by atoms with van der Waals surface area (Å²) in [6.07, 6.45) is 4.53. The second-order valence-corrected chi connectivity index (χ2v) is 5.21. The number of rotatable bonds is 3. The Bertz CT molecular complexity index is 383. The summed E-state index contributed by atoms with van der Waals surface area (Å²) in [7, 11) is 0. The Morgan fingerprint density at radius 1 is 1.16 bits per heavy atom. The molecule has 6 nitrogen and oxygen atoms in total. The number of carbonyl (C=O) groups excluding carboxylic acids is 2. The van der Waals surface area contributed by atoms with Gasteiger partial charge in [-0.2, -0.15) is 0 Å². The molecule has 0 bridgehead atoms. The maximum atomic E-state index is 12.2. The van der Waals surface area contributed by atoms with Gasteiger partial charge in [0.05, 0.1) is 6.54 Å². The van der Waals surface area contributed by atoms with Crippen LogP contribution in [0, 0.1) is 0 Å². The highest BCUT2D eigenvalue weighted by molar-refractivity contribution is 5.88. The van der Waals surface area contributed by atoms with Crippen molar-refractivity contribution >= 4 is 17.8 Å². The van der Waals surface area contributed by atoms with E-state index < -0.39 is 12.0 Å². The Morgan fingerprint density at radius 2 is 1.95 bits per heavy atom. The number of carboxylic acids is 1. The van der Waals surface area contributed by atoms with Gasteiger partial charge in [-0.25, -0.2) is 4.79 Å². The Balaban J connectivity index is 1.96. The van der Waals surface area contributed by atoms with Crippen molar-refractivity contribution in [3.8, 4) is 0 Å². The van der Waals surface area contributed by atoms with Crippen molar-refractivity contribution in [2.45, 2.75) is 44.6 Å². The zero-order valence-electron chi connectivity index (χ0n) is 11.0. The van der Waals surface area contributed by atoms with Gasteiger partial charge in [0.15, 0.2) is 0 Å². The molecule has 2 fully saturated rings. The van der Waals surface area contributed by atoms with Crippen LogP contribution in [0.4, 0.5) is 0 Å². The quantitative estimate of drug-likeness (QED) is 0.807. The number of carbonyl (C=O) groups is 3. The molecule has 2 aliphatic rings. The standard InChI is InChI=1S/C13H20N2O4/c16-11-6-2-1-3-7-14(11)9-12(17)15-8-4-5-10(15)13(18)19/h10H,1-9H2,(H,18,19)/t10-/m0/s1. The van der Waals surface area contributed by atoms with Crippen molar-refractivity contribution in [2.24, 2.45) is 0 Å². The number of hydrogen-bond donors (Lipinski definition) is 1. The topological polar surface area (TPSA) is 77.9 Å². The molecule has 106 valence electrons. The van der Waals surface area contributed by atoms with E-state index in [1.165, 1.54) is 4.90 Å². The van der Waals surface area contributed by atoms with E-state index in [0.29, 0.717) is 25.9 Å². The summed E-state index contributed by atoms with van der Waals surface area (Å²) in [4.78, 5) is 38.0. The molecule has 6 heteroatoms. The lowest BCUT2D eigenvalue weighted by atomic mass is 10.2. The third-order valence-corrected chi connectivity index (χ3v) is 3.86. The Hall–Kier alpha value is -1.59. The van der Waals surface area contributed by atoms with Crippen molar-refractivity contribution in [3.05, 3.63) is 0 Å². The predicted molar refractivity (Wildman–Crippen MR) is 67.4 cm³/mol. The summed E-state index contributed by atoms with van der Waals surface area (Å²) in [6.45, 7) is 1.12. The first kappa shape index (κ1) is 13.8. The fraction of sp³-hybridized carbons (Fsp3) is 0.769. The van der Waals surface area contributed by atoms with Crippen molar-refractivity contribution < 1.29 is 19.5 Å². The van der Waals surface area contributed by atoms with Crippen LogP contribution in [0.1, 0.15) is 38.5 Å². The van der Waals surface area contributed by atoms with Gasteiger partial charge in [-0.3, -0.25) is 9.59 Å². The molecule has 19 heavy (non-hydrogen) atoms. The SMILES string of the molecule is O=C(O)[C@@H]1CCCN1C(=O)CN1CCCCCC1=O. The summed E-state index contributed by atoms with van der Waals surface area (Å²) in [5.41, 5.74) is 0. The van der Waals surface area contributed by atoms with Crippen LogP contribution < -0.4 is 0 Å². The van der Waals surface area contributed by atoms with Crippen LogP contribution >= 0.6 is 0 Å². The van der Waals surface area contributed by atoms with Gasteiger partial charge in [0, 0.05) is 19.5 Å². The number of nitrogens with zero attached hydrogens (tertiary/aromatic N) is 2. The second-order valence-electron chi connectivity index (χ2n) is 5.21. The van der Waals surface area contributed by atoms with E-state index in [-0.39, 0.29) is 18.4 Å². The highest BCUT2D eigenvalue weighted by Gasteiger charge is 2.34. The largest absolute Gasteiger partial charge is 0.480 e. The molecule has 2 aliphatic heterocycles. The molecule has 1 atom stereocenters. The first-order valence-corrected chi connectivity index (χ1v) is 6.89. The highest BCUT2D eigenvalue weighted by Crippen LogP contribution is 2.18. The first-order chi connectivity index (χ1) is 9.09. The molecule has 2 saturated heterocycles. The normalized spacial score (nSPS) is 24.4. The van der Waals surface area contributed by atoms with Gasteiger partial charge in [0.2, 0.25) is 11.8 Å². The molecule has 2 amide bonds. The van der Waals surface area contributed by atoms with Crippen LogP contribution in [-0.2, 0) is 14.4 Å². The van der Waals surface area contributed by atoms with Gasteiger partial charge < -0.3 is 14.9 Å². The highest BCUT2D eigenvalue weighted by atomic mass is 16.4. The third-order valence-electron chi connectivity index (χ3n) is 3.86. The van der Waals surface area contributed by atoms with Crippen LogP contribution in [0.2, 0.25) is 0 Å². The molecule has 0 unspecified atom stereocenters. The van der Waals surface area contributed by atoms with Gasteiger partial charge in [0.25, 0.3) is 0 Å². The van der Waals surface area contributed by atoms with E-state index >= 15 is 0 Å². The van der Waals surface area contributed by atoms with Crippen LogP contribution in [0.25, 0.3) is 0 Å². The number of amides is 2. The van der Waals surface area contributed by atoms with E-state index in [4.69, 9.17) is 5.11 Å². The maximum absolute atomic E-state index is 12.2. The molecule has 0 aromatic heterocycles. The smallest absolute Gasteiger partial charge is 0.326 e. The average molecular weight is 268 g/mol. The van der Waals surface area contributed by atoms with Crippen LogP contribution in [-0.4, -0.2) is 58.4 Å². The number of hydrogen-bond acceptors (Lipinski definition) is 3.